The summed E-state index contributed by atoms with van der Waals surface area (Å²) in [6.45, 7) is 5.79. The van der Waals surface area contributed by atoms with Crippen LogP contribution in [0.15, 0.2) is 24.3 Å². The van der Waals surface area contributed by atoms with Gasteiger partial charge in [-0.2, -0.15) is 0 Å². The lowest BCUT2D eigenvalue weighted by Gasteiger charge is -2.15. The van der Waals surface area contributed by atoms with E-state index < -0.39 is 0 Å². The predicted octanol–water partition coefficient (Wildman–Crippen LogP) is 2.20. The largest absolute Gasteiger partial charge is 0.330 e. The second-order valence-electron chi connectivity index (χ2n) is 4.33. The van der Waals surface area contributed by atoms with Gasteiger partial charge in [0.1, 0.15) is 0 Å². The number of hydrogen-bond acceptors (Lipinski definition) is 2. The molecular weight excluding hydrogens is 184 g/mol. The Labute approximate surface area is 92.7 Å². The first kappa shape index (κ1) is 12.2. The van der Waals surface area contributed by atoms with E-state index in [-0.39, 0.29) is 0 Å². The fourth-order valence-corrected chi connectivity index (χ4v) is 1.77. The maximum Gasteiger partial charge on any atom is -0.000776 e. The van der Waals surface area contributed by atoms with E-state index in [2.05, 4.69) is 38.1 Å². The zero-order chi connectivity index (χ0) is 11.3. The lowest BCUT2D eigenvalue weighted by molar-refractivity contribution is 0.642. The molecule has 1 rings (SSSR count). The summed E-state index contributed by atoms with van der Waals surface area (Å²) in [7, 11) is 0. The van der Waals surface area contributed by atoms with E-state index in [1.807, 2.05) is 0 Å². The van der Waals surface area contributed by atoms with Gasteiger partial charge in [-0.1, -0.05) is 38.1 Å². The van der Waals surface area contributed by atoms with E-state index in [0.717, 1.165) is 6.42 Å². The van der Waals surface area contributed by atoms with Crippen LogP contribution in [0.2, 0.25) is 0 Å². The summed E-state index contributed by atoms with van der Waals surface area (Å²) in [6.07, 6.45) is 0.970. The SMILES string of the molecule is CC(C)c1ccc(C(CN)CCN)cc1. The Kier molecular flexibility index (Phi) is 4.79. The standard InChI is InChI=1S/C13H22N2/c1-10(2)11-3-5-12(6-4-11)13(9-15)7-8-14/h3-6,10,13H,7-9,14-15H2,1-2H3. The van der Waals surface area contributed by atoms with Crippen LogP contribution in [0.5, 0.6) is 0 Å². The molecule has 0 spiro atoms. The van der Waals surface area contributed by atoms with Gasteiger partial charge in [-0.15, -0.1) is 0 Å². The van der Waals surface area contributed by atoms with Crippen LogP contribution in [-0.2, 0) is 0 Å². The van der Waals surface area contributed by atoms with Crippen LogP contribution in [0, 0.1) is 0 Å². The zero-order valence-electron chi connectivity index (χ0n) is 9.74. The first-order valence-electron chi connectivity index (χ1n) is 5.69. The highest BCUT2D eigenvalue weighted by atomic mass is 14.6. The van der Waals surface area contributed by atoms with Crippen LogP contribution in [0.3, 0.4) is 0 Å². The molecule has 2 nitrogen and oxygen atoms in total. The fourth-order valence-electron chi connectivity index (χ4n) is 1.77. The van der Waals surface area contributed by atoms with Gasteiger partial charge in [0.15, 0.2) is 0 Å². The van der Waals surface area contributed by atoms with E-state index in [1.165, 1.54) is 11.1 Å². The number of benzene rings is 1. The first-order valence-corrected chi connectivity index (χ1v) is 5.69. The van der Waals surface area contributed by atoms with Crippen molar-refractivity contribution in [2.75, 3.05) is 13.1 Å². The van der Waals surface area contributed by atoms with Gasteiger partial charge >= 0.3 is 0 Å². The van der Waals surface area contributed by atoms with Crippen molar-refractivity contribution in [3.63, 3.8) is 0 Å². The molecule has 4 N–H and O–H groups in total. The molecule has 0 fully saturated rings. The summed E-state index contributed by atoms with van der Waals surface area (Å²) in [4.78, 5) is 0. The number of nitrogens with two attached hydrogens (primary N) is 2. The molecule has 0 radical (unpaired) electrons. The van der Waals surface area contributed by atoms with E-state index in [1.54, 1.807) is 0 Å². The Balaban J connectivity index is 2.77. The number of rotatable bonds is 5. The molecule has 1 unspecified atom stereocenters. The van der Waals surface area contributed by atoms with Crippen LogP contribution < -0.4 is 11.5 Å². The normalized spacial score (nSPS) is 13.1. The summed E-state index contributed by atoms with van der Waals surface area (Å²) >= 11 is 0. The molecule has 1 atom stereocenters. The molecule has 0 bridgehead atoms. The highest BCUT2D eigenvalue weighted by Crippen LogP contribution is 2.21. The van der Waals surface area contributed by atoms with Crippen molar-refractivity contribution in [1.29, 1.82) is 0 Å². The van der Waals surface area contributed by atoms with Crippen molar-refractivity contribution < 1.29 is 0 Å². The average Bonchev–Trinajstić information content (AvgIpc) is 2.26. The third-order valence-electron chi connectivity index (χ3n) is 2.87. The quantitative estimate of drug-likeness (QED) is 0.776. The Morgan fingerprint density at radius 3 is 1.93 bits per heavy atom. The highest BCUT2D eigenvalue weighted by Gasteiger charge is 2.08. The topological polar surface area (TPSA) is 52.0 Å². The fraction of sp³-hybridized carbons (Fsp3) is 0.538. The molecule has 84 valence electrons. The second-order valence-corrected chi connectivity index (χ2v) is 4.33. The molecule has 0 aliphatic heterocycles. The third-order valence-corrected chi connectivity index (χ3v) is 2.87. The molecule has 0 aromatic heterocycles. The van der Waals surface area contributed by atoms with Crippen molar-refractivity contribution in [3.8, 4) is 0 Å². The van der Waals surface area contributed by atoms with Crippen molar-refractivity contribution in [2.24, 2.45) is 11.5 Å². The van der Waals surface area contributed by atoms with Gasteiger partial charge in [-0.25, -0.2) is 0 Å². The molecule has 0 heterocycles. The third kappa shape index (κ3) is 3.33. The van der Waals surface area contributed by atoms with Crippen LogP contribution in [0.1, 0.15) is 43.2 Å². The predicted molar refractivity (Wildman–Crippen MR) is 66.0 cm³/mol. The summed E-state index contributed by atoms with van der Waals surface area (Å²) in [5.74, 6) is 1.00. The summed E-state index contributed by atoms with van der Waals surface area (Å²) < 4.78 is 0. The van der Waals surface area contributed by atoms with Gasteiger partial charge in [0.25, 0.3) is 0 Å². The minimum absolute atomic E-state index is 0.413. The van der Waals surface area contributed by atoms with Gasteiger partial charge in [-0.05, 0) is 42.5 Å². The molecule has 1 aromatic carbocycles. The van der Waals surface area contributed by atoms with E-state index in [0.29, 0.717) is 24.9 Å². The second kappa shape index (κ2) is 5.89. The molecule has 0 amide bonds. The van der Waals surface area contributed by atoms with E-state index in [4.69, 9.17) is 11.5 Å². The lowest BCUT2D eigenvalue weighted by atomic mass is 9.93. The van der Waals surface area contributed by atoms with Crippen molar-refractivity contribution in [2.45, 2.75) is 32.1 Å². The van der Waals surface area contributed by atoms with Crippen LogP contribution in [0.25, 0.3) is 0 Å². The average molecular weight is 206 g/mol. The molecule has 0 aliphatic carbocycles. The minimum atomic E-state index is 0.413. The minimum Gasteiger partial charge on any atom is -0.330 e. The van der Waals surface area contributed by atoms with Crippen LogP contribution >= 0.6 is 0 Å². The number of hydrogen-bond donors (Lipinski definition) is 2. The molecular formula is C13H22N2. The lowest BCUT2D eigenvalue weighted by Crippen LogP contribution is -2.16. The van der Waals surface area contributed by atoms with Gasteiger partial charge in [0, 0.05) is 0 Å². The Morgan fingerprint density at radius 1 is 1.00 bits per heavy atom. The van der Waals surface area contributed by atoms with Gasteiger partial charge in [0.05, 0.1) is 0 Å². The molecule has 0 saturated carbocycles. The van der Waals surface area contributed by atoms with Crippen LogP contribution in [0.4, 0.5) is 0 Å². The van der Waals surface area contributed by atoms with Crippen molar-refractivity contribution >= 4 is 0 Å². The van der Waals surface area contributed by atoms with Crippen LogP contribution in [-0.4, -0.2) is 13.1 Å². The van der Waals surface area contributed by atoms with Gasteiger partial charge < -0.3 is 11.5 Å². The Bertz CT molecular complexity index is 277. The Morgan fingerprint density at radius 2 is 1.53 bits per heavy atom. The van der Waals surface area contributed by atoms with Crippen molar-refractivity contribution in [3.05, 3.63) is 35.4 Å². The van der Waals surface area contributed by atoms with Crippen molar-refractivity contribution in [1.82, 2.24) is 0 Å². The maximum absolute atomic E-state index is 5.73. The van der Waals surface area contributed by atoms with Gasteiger partial charge in [-0.3, -0.25) is 0 Å². The van der Waals surface area contributed by atoms with Gasteiger partial charge in [0.2, 0.25) is 0 Å². The molecule has 0 saturated heterocycles. The molecule has 2 heteroatoms. The molecule has 15 heavy (non-hydrogen) atoms. The molecule has 0 aliphatic rings. The van der Waals surface area contributed by atoms with E-state index in [9.17, 15) is 0 Å². The molecule has 1 aromatic rings. The summed E-state index contributed by atoms with van der Waals surface area (Å²) in [5.41, 5.74) is 14.0. The Hall–Kier alpha value is -0.860. The first-order chi connectivity index (χ1) is 7.19. The zero-order valence-corrected chi connectivity index (χ0v) is 9.74. The maximum atomic E-state index is 5.73. The summed E-state index contributed by atoms with van der Waals surface area (Å²) in [6, 6.07) is 8.75. The summed E-state index contributed by atoms with van der Waals surface area (Å²) in [5, 5.41) is 0. The monoisotopic (exact) mass is 206 g/mol. The van der Waals surface area contributed by atoms with E-state index >= 15 is 0 Å². The highest BCUT2D eigenvalue weighted by molar-refractivity contribution is 5.27. The smallest absolute Gasteiger partial charge is 0.000776 e.